The summed E-state index contributed by atoms with van der Waals surface area (Å²) in [7, 11) is 1.55. The summed E-state index contributed by atoms with van der Waals surface area (Å²) >= 11 is 6.04. The number of methoxy groups -OCH3 is 1. The Morgan fingerprint density at radius 2 is 1.88 bits per heavy atom. The molecule has 0 aliphatic carbocycles. The van der Waals surface area contributed by atoms with Crippen molar-refractivity contribution in [2.45, 2.75) is 25.4 Å². The highest BCUT2D eigenvalue weighted by Gasteiger charge is 2.51. The molecule has 1 atom stereocenters. The number of rotatable bonds is 5. The van der Waals surface area contributed by atoms with E-state index in [1.807, 2.05) is 6.92 Å². The number of urea groups is 1. The lowest BCUT2D eigenvalue weighted by Crippen LogP contribution is -2.43. The van der Waals surface area contributed by atoms with Crippen LogP contribution >= 0.6 is 11.6 Å². The predicted octanol–water partition coefficient (Wildman–Crippen LogP) is 3.85. The molecule has 1 fully saturated rings. The third-order valence-corrected chi connectivity index (χ3v) is 5.02. The Kier molecular flexibility index (Phi) is 4.87. The number of hydrogen-bond acceptors (Lipinski definition) is 3. The minimum atomic E-state index is -1.19. The Morgan fingerprint density at radius 3 is 2.46 bits per heavy atom. The molecule has 1 N–H and O–H groups in total. The number of carbonyl (C=O) groups excluding carboxylic acids is 2. The van der Waals surface area contributed by atoms with Crippen LogP contribution in [0.4, 0.5) is 9.18 Å². The third kappa shape index (κ3) is 2.90. The molecule has 0 spiro atoms. The van der Waals surface area contributed by atoms with Crippen LogP contribution in [0.15, 0.2) is 42.5 Å². The molecular formula is C19H18ClFN2O3. The number of hydrogen-bond donors (Lipinski definition) is 1. The number of benzene rings is 2. The van der Waals surface area contributed by atoms with Crippen LogP contribution in [0.2, 0.25) is 5.02 Å². The highest BCUT2D eigenvalue weighted by Crippen LogP contribution is 2.35. The standard InChI is InChI=1S/C19H18ClFN2O3/c1-3-19(12-7-9-13(26-2)10-8-12)17(24)23(18(25)22-19)11-14-15(20)5-4-6-16(14)21/h4-10H,3,11H2,1-2H3,(H,22,25)/t19-/m1/s1. The minimum absolute atomic E-state index is 0.110. The molecule has 5 nitrogen and oxygen atoms in total. The lowest BCUT2D eigenvalue weighted by Gasteiger charge is -2.26. The van der Waals surface area contributed by atoms with Gasteiger partial charge in [-0.05, 0) is 36.2 Å². The molecule has 1 aliphatic rings. The number of nitrogens with one attached hydrogen (secondary N) is 1. The molecule has 26 heavy (non-hydrogen) atoms. The van der Waals surface area contributed by atoms with Crippen LogP contribution in [0.25, 0.3) is 0 Å². The summed E-state index contributed by atoms with van der Waals surface area (Å²) in [4.78, 5) is 26.6. The van der Waals surface area contributed by atoms with Gasteiger partial charge in [0, 0.05) is 10.6 Å². The fraction of sp³-hybridized carbons (Fsp3) is 0.263. The Labute approximate surface area is 155 Å². The largest absolute Gasteiger partial charge is 0.497 e. The van der Waals surface area contributed by atoms with Crippen molar-refractivity contribution >= 4 is 23.5 Å². The van der Waals surface area contributed by atoms with E-state index < -0.39 is 23.3 Å². The zero-order valence-electron chi connectivity index (χ0n) is 14.4. The lowest BCUT2D eigenvalue weighted by molar-refractivity contribution is -0.132. The Hall–Kier alpha value is -2.60. The van der Waals surface area contributed by atoms with Crippen LogP contribution in [0.3, 0.4) is 0 Å². The van der Waals surface area contributed by atoms with E-state index in [2.05, 4.69) is 5.32 Å². The predicted molar refractivity (Wildman–Crippen MR) is 95.5 cm³/mol. The van der Waals surface area contributed by atoms with Gasteiger partial charge >= 0.3 is 6.03 Å². The number of imide groups is 1. The Balaban J connectivity index is 1.95. The van der Waals surface area contributed by atoms with Crippen LogP contribution in [0.1, 0.15) is 24.5 Å². The average Bonchev–Trinajstić information content (AvgIpc) is 2.89. The van der Waals surface area contributed by atoms with Gasteiger partial charge in [0.2, 0.25) is 0 Å². The monoisotopic (exact) mass is 376 g/mol. The summed E-state index contributed by atoms with van der Waals surface area (Å²) in [5.41, 5.74) is -0.443. The molecule has 0 aromatic heterocycles. The second kappa shape index (κ2) is 6.96. The third-order valence-electron chi connectivity index (χ3n) is 4.67. The SMILES string of the molecule is CC[C@]1(c2ccc(OC)cc2)NC(=O)N(Cc2c(F)cccc2Cl)C1=O. The molecule has 3 amide bonds. The fourth-order valence-corrected chi connectivity index (χ4v) is 3.35. The van der Waals surface area contributed by atoms with Crippen LogP contribution in [0, 0.1) is 5.82 Å². The van der Waals surface area contributed by atoms with E-state index in [-0.39, 0.29) is 17.1 Å². The first kappa shape index (κ1) is 18.2. The summed E-state index contributed by atoms with van der Waals surface area (Å²) in [5.74, 6) is -0.349. The van der Waals surface area contributed by atoms with Crippen molar-refractivity contribution in [2.75, 3.05) is 7.11 Å². The Morgan fingerprint density at radius 1 is 1.19 bits per heavy atom. The van der Waals surface area contributed by atoms with E-state index in [1.54, 1.807) is 31.4 Å². The molecule has 2 aromatic carbocycles. The molecular weight excluding hydrogens is 359 g/mol. The molecule has 0 saturated carbocycles. The van der Waals surface area contributed by atoms with Gasteiger partial charge in [0.05, 0.1) is 13.7 Å². The number of halogens is 2. The molecule has 1 saturated heterocycles. The van der Waals surface area contributed by atoms with Crippen molar-refractivity contribution in [3.05, 3.63) is 64.4 Å². The molecule has 1 heterocycles. The zero-order valence-corrected chi connectivity index (χ0v) is 15.1. The van der Waals surface area contributed by atoms with Crippen molar-refractivity contribution in [3.8, 4) is 5.75 Å². The van der Waals surface area contributed by atoms with Gasteiger partial charge in [0.1, 0.15) is 17.1 Å². The smallest absolute Gasteiger partial charge is 0.325 e. The van der Waals surface area contributed by atoms with Gasteiger partial charge < -0.3 is 10.1 Å². The van der Waals surface area contributed by atoms with Crippen LogP contribution < -0.4 is 10.1 Å². The van der Waals surface area contributed by atoms with E-state index in [1.165, 1.54) is 18.2 Å². The second-order valence-electron chi connectivity index (χ2n) is 6.01. The van der Waals surface area contributed by atoms with Gasteiger partial charge in [-0.3, -0.25) is 9.69 Å². The normalized spacial score (nSPS) is 19.6. The minimum Gasteiger partial charge on any atom is -0.497 e. The molecule has 1 aliphatic heterocycles. The topological polar surface area (TPSA) is 58.6 Å². The quantitative estimate of drug-likeness (QED) is 0.806. The molecule has 2 aromatic rings. The van der Waals surface area contributed by atoms with Crippen LogP contribution in [0.5, 0.6) is 5.75 Å². The molecule has 3 rings (SSSR count). The van der Waals surface area contributed by atoms with Crippen molar-refractivity contribution in [3.63, 3.8) is 0 Å². The van der Waals surface area contributed by atoms with Crippen molar-refractivity contribution in [1.82, 2.24) is 10.2 Å². The highest BCUT2D eigenvalue weighted by molar-refractivity contribution is 6.31. The molecule has 7 heteroatoms. The van der Waals surface area contributed by atoms with Crippen LogP contribution in [-0.2, 0) is 16.9 Å². The van der Waals surface area contributed by atoms with E-state index in [0.29, 0.717) is 17.7 Å². The molecule has 0 unspecified atom stereocenters. The first-order valence-electron chi connectivity index (χ1n) is 8.14. The highest BCUT2D eigenvalue weighted by atomic mass is 35.5. The van der Waals surface area contributed by atoms with Gasteiger partial charge in [-0.25, -0.2) is 9.18 Å². The summed E-state index contributed by atoms with van der Waals surface area (Å²) in [6.45, 7) is 1.58. The maximum absolute atomic E-state index is 14.1. The van der Waals surface area contributed by atoms with Gasteiger partial charge in [0.15, 0.2) is 0 Å². The second-order valence-corrected chi connectivity index (χ2v) is 6.42. The van der Waals surface area contributed by atoms with E-state index in [4.69, 9.17) is 16.3 Å². The lowest BCUT2D eigenvalue weighted by atomic mass is 9.87. The van der Waals surface area contributed by atoms with Crippen molar-refractivity contribution in [1.29, 1.82) is 0 Å². The number of carbonyl (C=O) groups is 2. The molecule has 136 valence electrons. The maximum Gasteiger partial charge on any atom is 0.325 e. The maximum atomic E-state index is 14.1. The summed E-state index contributed by atoms with van der Waals surface area (Å²) in [6.07, 6.45) is 0.353. The first-order valence-corrected chi connectivity index (χ1v) is 8.52. The van der Waals surface area contributed by atoms with Gasteiger partial charge in [-0.15, -0.1) is 0 Å². The summed E-state index contributed by atoms with van der Waals surface area (Å²) in [5, 5.41) is 2.93. The van der Waals surface area contributed by atoms with E-state index in [0.717, 1.165) is 4.90 Å². The molecule has 0 radical (unpaired) electrons. The summed E-state index contributed by atoms with van der Waals surface area (Å²) in [6, 6.07) is 10.6. The number of amides is 3. The zero-order chi connectivity index (χ0) is 18.9. The number of ether oxygens (including phenoxy) is 1. The average molecular weight is 377 g/mol. The van der Waals surface area contributed by atoms with Gasteiger partial charge in [-0.2, -0.15) is 0 Å². The van der Waals surface area contributed by atoms with Crippen LogP contribution in [-0.4, -0.2) is 23.9 Å². The number of nitrogens with zero attached hydrogens (tertiary/aromatic N) is 1. The first-order chi connectivity index (χ1) is 12.4. The Bertz CT molecular complexity index is 836. The van der Waals surface area contributed by atoms with Crippen molar-refractivity contribution < 1.29 is 18.7 Å². The van der Waals surface area contributed by atoms with E-state index in [9.17, 15) is 14.0 Å². The van der Waals surface area contributed by atoms with Crippen molar-refractivity contribution in [2.24, 2.45) is 0 Å². The van der Waals surface area contributed by atoms with Gasteiger partial charge in [-0.1, -0.05) is 36.7 Å². The molecule has 0 bridgehead atoms. The fourth-order valence-electron chi connectivity index (χ4n) is 3.13. The summed E-state index contributed by atoms with van der Waals surface area (Å²) < 4.78 is 19.2. The van der Waals surface area contributed by atoms with E-state index >= 15 is 0 Å². The van der Waals surface area contributed by atoms with Gasteiger partial charge in [0.25, 0.3) is 5.91 Å².